The van der Waals surface area contributed by atoms with E-state index >= 15 is 0 Å². The number of carbonyl (C=O) groups excluding carboxylic acids is 4. The summed E-state index contributed by atoms with van der Waals surface area (Å²) in [7, 11) is 3.00. The average Bonchev–Trinajstić information content (AvgIpc) is 3.58. The summed E-state index contributed by atoms with van der Waals surface area (Å²) < 4.78 is 15.0. The van der Waals surface area contributed by atoms with Crippen LogP contribution in [0.5, 0.6) is 6.01 Å². The number of benzene rings is 2. The number of imidazole rings is 1. The topological polar surface area (TPSA) is 153 Å². The summed E-state index contributed by atoms with van der Waals surface area (Å²) in [4.78, 5) is 66.9. The van der Waals surface area contributed by atoms with E-state index in [1.54, 1.807) is 12.0 Å². The molecule has 5 heterocycles. The Morgan fingerprint density at radius 2 is 1.59 bits per heavy atom. The number of methoxy groups -OCH3 is 2. The highest BCUT2D eigenvalue weighted by atomic mass is 16.5. The minimum absolute atomic E-state index is 0. The Bertz CT molecular complexity index is 1840. The van der Waals surface area contributed by atoms with E-state index in [0.717, 1.165) is 99.2 Å². The fraction of sp³-hybridized carbons (Fsp3) is 0.605. The van der Waals surface area contributed by atoms with E-state index in [-0.39, 0.29) is 43.4 Å². The number of aromatic amines is 1. The van der Waals surface area contributed by atoms with Gasteiger partial charge in [0.25, 0.3) is 6.01 Å². The van der Waals surface area contributed by atoms with Gasteiger partial charge in [-0.25, -0.2) is 9.59 Å². The molecule has 4 aliphatic heterocycles. The molecule has 4 aliphatic rings. The molecule has 7 rings (SSSR count). The Labute approximate surface area is 343 Å². The van der Waals surface area contributed by atoms with Gasteiger partial charge in [-0.2, -0.15) is 4.98 Å². The summed E-state index contributed by atoms with van der Waals surface area (Å²) in [6, 6.07) is 13.3. The van der Waals surface area contributed by atoms with E-state index in [4.69, 9.17) is 14.2 Å². The maximum absolute atomic E-state index is 13.2. The van der Waals surface area contributed by atoms with Gasteiger partial charge in [-0.1, -0.05) is 38.6 Å². The van der Waals surface area contributed by atoms with E-state index in [1.165, 1.54) is 12.7 Å². The van der Waals surface area contributed by atoms with Gasteiger partial charge in [0.15, 0.2) is 0 Å². The highest BCUT2D eigenvalue weighted by Gasteiger charge is 2.33. The molecule has 1 atom stereocenters. The summed E-state index contributed by atoms with van der Waals surface area (Å²) in [5.74, 6) is 0.0229. The Hall–Kier alpha value is -4.89. The number of nitrogens with zero attached hydrogens (tertiary/aromatic N) is 6. The quantitative estimate of drug-likeness (QED) is 0.277. The van der Waals surface area contributed by atoms with Crippen LogP contribution in [0.4, 0.5) is 15.3 Å². The minimum Gasteiger partial charge on any atom is -0.468 e. The smallest absolute Gasteiger partial charge is 0.409 e. The molecule has 0 unspecified atom stereocenters. The first kappa shape index (κ1) is 44.2. The summed E-state index contributed by atoms with van der Waals surface area (Å²) in [6.07, 6.45) is 4.97. The van der Waals surface area contributed by atoms with Gasteiger partial charge in [0.05, 0.1) is 38.4 Å². The predicted octanol–water partition coefficient (Wildman–Crippen LogP) is 5.17. The van der Waals surface area contributed by atoms with Gasteiger partial charge in [-0.3, -0.25) is 19.4 Å². The first-order valence-electron chi connectivity index (χ1n) is 20.5. The molecule has 2 N–H and O–H groups in total. The highest BCUT2D eigenvalue weighted by Crippen LogP contribution is 2.26. The number of hydrogen-bond donors (Lipinski definition) is 2. The van der Waals surface area contributed by atoms with E-state index in [9.17, 15) is 19.2 Å². The number of urea groups is 1. The molecule has 3 saturated heterocycles. The molecule has 15 nitrogen and oxygen atoms in total. The Morgan fingerprint density at radius 3 is 2.26 bits per heavy atom. The molecule has 0 radical (unpaired) electrons. The number of fused-ring (bicyclic) bond motifs is 2. The van der Waals surface area contributed by atoms with Crippen LogP contribution < -0.4 is 10.1 Å². The van der Waals surface area contributed by atoms with Gasteiger partial charge in [-0.05, 0) is 81.2 Å². The number of piperazine rings is 1. The summed E-state index contributed by atoms with van der Waals surface area (Å²) in [5, 5.41) is 3.00. The van der Waals surface area contributed by atoms with E-state index in [2.05, 4.69) is 43.3 Å². The maximum atomic E-state index is 13.2. The molecule has 15 heteroatoms. The number of nitrogens with one attached hydrogen (secondary N) is 2. The normalized spacial score (nSPS) is 18.8. The second-order valence-corrected chi connectivity index (χ2v) is 15.6. The SMILES string of the molecule is C.CCOC(=O)CN1CCC(N2CCN(C(=O)[C@H](C)Cc3cc(C)c4nc(OC)[nH]c4c3)CC2)CC1.COC(=O)N1CCC(N2CCc3ccccc3NC2=O)CC1. The standard InChI is InChI=1S/C26H39N5O4.C16H21N3O3.CH4/c1-5-35-23(32)17-29-8-6-21(7-9-29)30-10-12-31(13-11-30)25(33)19(3)15-20-14-18(2)24-22(16-20)27-26(28-24)34-4;1-22-16(21)18-9-7-13(8-10-18)19-11-6-12-4-2-3-5-14(12)17-15(19)20;/h14,16,19,21H,5-13,15,17H2,1-4H3,(H,27,28);2-5,13H,6-11H2,1H3,(H,17,20);1H4/t19-;;/m1../s1. The fourth-order valence-corrected chi connectivity index (χ4v) is 8.68. The molecule has 0 spiro atoms. The molecular formula is C43H64N8O7. The van der Waals surface area contributed by atoms with Crippen molar-refractivity contribution in [2.75, 3.05) is 91.6 Å². The lowest BCUT2D eigenvalue weighted by Crippen LogP contribution is -2.55. The van der Waals surface area contributed by atoms with Crippen LogP contribution in [0.15, 0.2) is 36.4 Å². The zero-order valence-corrected chi connectivity index (χ0v) is 34.3. The van der Waals surface area contributed by atoms with E-state index in [1.807, 2.05) is 48.8 Å². The van der Waals surface area contributed by atoms with Crippen LogP contribution in [-0.2, 0) is 31.9 Å². The number of carbonyl (C=O) groups is 4. The first-order chi connectivity index (χ1) is 27.6. The van der Waals surface area contributed by atoms with Crippen molar-refractivity contribution in [3.05, 3.63) is 53.1 Å². The summed E-state index contributed by atoms with van der Waals surface area (Å²) >= 11 is 0. The number of anilines is 1. The van der Waals surface area contributed by atoms with E-state index < -0.39 is 0 Å². The van der Waals surface area contributed by atoms with Gasteiger partial charge in [0.2, 0.25) is 5.91 Å². The van der Waals surface area contributed by atoms with Gasteiger partial charge in [0, 0.05) is 82.6 Å². The number of para-hydroxylation sites is 1. The molecule has 1 aromatic heterocycles. The lowest BCUT2D eigenvalue weighted by Gasteiger charge is -2.43. The number of piperidine rings is 2. The van der Waals surface area contributed by atoms with Crippen LogP contribution in [0.3, 0.4) is 0 Å². The monoisotopic (exact) mass is 804 g/mol. The molecule has 3 aromatic rings. The molecule has 0 aliphatic carbocycles. The fourth-order valence-electron chi connectivity index (χ4n) is 8.68. The van der Waals surface area contributed by atoms with Gasteiger partial charge < -0.3 is 39.2 Å². The lowest BCUT2D eigenvalue weighted by atomic mass is 9.97. The van der Waals surface area contributed by atoms with Crippen LogP contribution in [-0.4, -0.2) is 157 Å². The van der Waals surface area contributed by atoms with Crippen LogP contribution in [0.2, 0.25) is 0 Å². The van der Waals surface area contributed by atoms with Gasteiger partial charge >= 0.3 is 18.1 Å². The average molecular weight is 805 g/mol. The van der Waals surface area contributed by atoms with Crippen LogP contribution in [0, 0.1) is 12.8 Å². The van der Waals surface area contributed by atoms with Crippen molar-refractivity contribution < 1.29 is 33.4 Å². The van der Waals surface area contributed by atoms with Crippen molar-refractivity contribution in [3.63, 3.8) is 0 Å². The largest absolute Gasteiger partial charge is 0.468 e. The highest BCUT2D eigenvalue weighted by molar-refractivity contribution is 5.91. The molecule has 3 fully saturated rings. The van der Waals surface area contributed by atoms with Crippen molar-refractivity contribution in [3.8, 4) is 6.01 Å². The molecule has 318 valence electrons. The minimum atomic E-state index is -0.286. The zero-order chi connectivity index (χ0) is 40.5. The van der Waals surface area contributed by atoms with Crippen LogP contribution in [0.1, 0.15) is 63.6 Å². The molecule has 2 aromatic carbocycles. The number of amides is 4. The number of aromatic nitrogens is 2. The number of esters is 1. The van der Waals surface area contributed by atoms with Crippen molar-refractivity contribution in [1.82, 2.24) is 34.5 Å². The third-order valence-electron chi connectivity index (χ3n) is 11.8. The lowest BCUT2D eigenvalue weighted by molar-refractivity contribution is -0.144. The summed E-state index contributed by atoms with van der Waals surface area (Å²) in [6.45, 7) is 14.0. The van der Waals surface area contributed by atoms with Gasteiger partial charge in [-0.15, -0.1) is 0 Å². The van der Waals surface area contributed by atoms with Crippen molar-refractivity contribution >= 4 is 40.7 Å². The van der Waals surface area contributed by atoms with Crippen molar-refractivity contribution in [2.24, 2.45) is 5.92 Å². The summed E-state index contributed by atoms with van der Waals surface area (Å²) in [5.41, 5.74) is 6.15. The number of aryl methyl sites for hydroxylation is 1. The zero-order valence-electron chi connectivity index (χ0n) is 34.3. The number of ether oxygens (including phenoxy) is 3. The number of rotatable bonds is 9. The molecule has 0 saturated carbocycles. The third-order valence-corrected chi connectivity index (χ3v) is 11.8. The Balaban J connectivity index is 0.000000240. The van der Waals surface area contributed by atoms with Crippen molar-refractivity contribution in [2.45, 2.75) is 78.8 Å². The predicted molar refractivity (Wildman–Crippen MR) is 224 cm³/mol. The second kappa shape index (κ2) is 20.7. The number of likely N-dealkylation sites (tertiary alicyclic amines) is 2. The number of H-pyrrole nitrogens is 1. The Morgan fingerprint density at radius 1 is 0.897 bits per heavy atom. The van der Waals surface area contributed by atoms with Gasteiger partial charge in [0.1, 0.15) is 0 Å². The van der Waals surface area contributed by atoms with Crippen molar-refractivity contribution in [1.29, 1.82) is 0 Å². The maximum Gasteiger partial charge on any atom is 0.409 e. The third kappa shape index (κ3) is 11.0. The first-order valence-corrected chi connectivity index (χ1v) is 20.5. The van der Waals surface area contributed by atoms with Crippen LogP contribution >= 0.6 is 0 Å². The molecule has 58 heavy (non-hydrogen) atoms. The Kier molecular flexibility index (Phi) is 15.8. The van der Waals surface area contributed by atoms with E-state index in [0.29, 0.717) is 51.3 Å². The van der Waals surface area contributed by atoms with Crippen LogP contribution in [0.25, 0.3) is 11.0 Å². The number of hydrogen-bond acceptors (Lipinski definition) is 10. The second-order valence-electron chi connectivity index (χ2n) is 15.6. The molecule has 4 amide bonds. The molecular weight excluding hydrogens is 741 g/mol. The molecule has 0 bridgehead atoms.